The minimum atomic E-state index is -0.527. The van der Waals surface area contributed by atoms with Gasteiger partial charge in [-0.15, -0.1) is 0 Å². The lowest BCUT2D eigenvalue weighted by Crippen LogP contribution is -2.32. The second-order valence-corrected chi connectivity index (χ2v) is 7.00. The molecule has 0 fully saturated rings. The van der Waals surface area contributed by atoms with Crippen molar-refractivity contribution >= 4 is 29.1 Å². The van der Waals surface area contributed by atoms with E-state index in [-0.39, 0.29) is 33.6 Å². The lowest BCUT2D eigenvalue weighted by molar-refractivity contribution is 0.0914. The largest absolute Gasteiger partial charge is 0.491 e. The number of carbonyl (C=O) groups excluding carboxylic acids is 1. The number of aromatic nitrogens is 5. The lowest BCUT2D eigenvalue weighted by atomic mass is 10.0. The van der Waals surface area contributed by atoms with Crippen LogP contribution in [0.3, 0.4) is 0 Å². The van der Waals surface area contributed by atoms with Gasteiger partial charge in [0.25, 0.3) is 5.91 Å². The molecule has 0 saturated heterocycles. The van der Waals surface area contributed by atoms with Crippen LogP contribution in [0.5, 0.6) is 5.75 Å². The molecule has 28 heavy (non-hydrogen) atoms. The highest BCUT2D eigenvalue weighted by Crippen LogP contribution is 2.34. The van der Waals surface area contributed by atoms with Crippen LogP contribution in [-0.2, 0) is 0 Å². The van der Waals surface area contributed by atoms with Crippen LogP contribution in [0.15, 0.2) is 23.0 Å². The zero-order valence-electron chi connectivity index (χ0n) is 15.4. The van der Waals surface area contributed by atoms with Crippen LogP contribution in [0.4, 0.5) is 0 Å². The third-order valence-corrected chi connectivity index (χ3v) is 4.40. The van der Waals surface area contributed by atoms with E-state index in [1.807, 2.05) is 20.8 Å². The van der Waals surface area contributed by atoms with E-state index in [4.69, 9.17) is 32.5 Å². The monoisotopic (exact) mass is 424 g/mol. The molecule has 0 bridgehead atoms. The molecule has 9 nitrogen and oxygen atoms in total. The Morgan fingerprint density at radius 2 is 2.04 bits per heavy atom. The van der Waals surface area contributed by atoms with Crippen LogP contribution in [-0.4, -0.2) is 37.8 Å². The van der Waals surface area contributed by atoms with Crippen molar-refractivity contribution in [2.75, 3.05) is 6.61 Å². The summed E-state index contributed by atoms with van der Waals surface area (Å²) in [6.45, 7) is 6.06. The summed E-state index contributed by atoms with van der Waals surface area (Å²) < 4.78 is 10.7. The molecule has 1 amide bonds. The van der Waals surface area contributed by atoms with Gasteiger partial charge in [0.1, 0.15) is 12.4 Å². The average Bonchev–Trinajstić information content (AvgIpc) is 3.33. The number of nitrogens with zero attached hydrogens (tertiary/aromatic N) is 4. The molecule has 0 radical (unpaired) electrons. The Kier molecular flexibility index (Phi) is 6.15. The van der Waals surface area contributed by atoms with Crippen LogP contribution >= 0.6 is 23.2 Å². The van der Waals surface area contributed by atoms with Gasteiger partial charge in [-0.1, -0.05) is 42.2 Å². The first-order valence-electron chi connectivity index (χ1n) is 8.52. The Bertz CT molecular complexity index is 935. The minimum absolute atomic E-state index is 0.0272. The Labute approximate surface area is 170 Å². The number of carbonyl (C=O) groups is 1. The fourth-order valence-electron chi connectivity index (χ4n) is 2.48. The van der Waals surface area contributed by atoms with Crippen LogP contribution in [0.1, 0.15) is 43.1 Å². The molecule has 3 rings (SSSR count). The number of halogens is 2. The summed E-state index contributed by atoms with van der Waals surface area (Å²) in [6.07, 6.45) is 1.34. The van der Waals surface area contributed by atoms with Crippen LogP contribution in [0, 0.1) is 5.92 Å². The smallest absolute Gasteiger partial charge is 0.252 e. The zero-order chi connectivity index (χ0) is 20.3. The van der Waals surface area contributed by atoms with Gasteiger partial charge in [-0.05, 0) is 25.0 Å². The molecular weight excluding hydrogens is 407 g/mol. The van der Waals surface area contributed by atoms with Crippen molar-refractivity contribution in [1.82, 2.24) is 30.6 Å². The minimum Gasteiger partial charge on any atom is -0.491 e. The molecular formula is C17H18Cl2N6O3. The Hall–Kier alpha value is -2.65. The molecule has 3 aromatic rings. The van der Waals surface area contributed by atoms with E-state index < -0.39 is 6.04 Å². The van der Waals surface area contributed by atoms with Crippen LogP contribution < -0.4 is 10.1 Å². The van der Waals surface area contributed by atoms with Crippen molar-refractivity contribution < 1.29 is 14.1 Å². The summed E-state index contributed by atoms with van der Waals surface area (Å²) in [6, 6.07) is 2.47. The van der Waals surface area contributed by atoms with Gasteiger partial charge in [-0.25, -0.2) is 4.98 Å². The van der Waals surface area contributed by atoms with Gasteiger partial charge >= 0.3 is 0 Å². The highest BCUT2D eigenvalue weighted by molar-refractivity contribution is 6.37. The number of hydrogen-bond donors (Lipinski definition) is 2. The molecule has 2 aromatic heterocycles. The third-order valence-electron chi connectivity index (χ3n) is 3.84. The molecule has 1 atom stereocenters. The fraction of sp³-hybridized carbons (Fsp3) is 0.353. The summed E-state index contributed by atoms with van der Waals surface area (Å²) in [7, 11) is 0. The Morgan fingerprint density at radius 1 is 1.32 bits per heavy atom. The SMILES string of the molecule is CCOc1c(Cl)cc(C(=O)N[C@@H](c2nc(-c3ncn[nH]3)no2)C(C)C)cc1Cl. The van der Waals surface area contributed by atoms with Crippen molar-refractivity contribution in [3.05, 3.63) is 40.0 Å². The molecule has 2 heterocycles. The van der Waals surface area contributed by atoms with Gasteiger partial charge in [-0.2, -0.15) is 10.1 Å². The second-order valence-electron chi connectivity index (χ2n) is 6.19. The number of aromatic amines is 1. The van der Waals surface area contributed by atoms with E-state index in [9.17, 15) is 4.79 Å². The van der Waals surface area contributed by atoms with E-state index in [1.165, 1.54) is 18.5 Å². The van der Waals surface area contributed by atoms with Crippen molar-refractivity contribution in [2.45, 2.75) is 26.8 Å². The van der Waals surface area contributed by atoms with E-state index in [1.54, 1.807) is 0 Å². The predicted octanol–water partition coefficient (Wildman–Crippen LogP) is 3.69. The average molecular weight is 425 g/mol. The first-order chi connectivity index (χ1) is 13.4. The molecule has 0 aliphatic rings. The molecule has 1 aromatic carbocycles. The second kappa shape index (κ2) is 8.57. The van der Waals surface area contributed by atoms with Gasteiger partial charge in [-0.3, -0.25) is 9.89 Å². The van der Waals surface area contributed by atoms with E-state index in [0.29, 0.717) is 23.7 Å². The number of ether oxygens (including phenoxy) is 1. The van der Waals surface area contributed by atoms with Crippen molar-refractivity contribution in [1.29, 1.82) is 0 Å². The van der Waals surface area contributed by atoms with Crippen molar-refractivity contribution in [3.8, 4) is 17.4 Å². The van der Waals surface area contributed by atoms with Gasteiger partial charge in [0, 0.05) is 5.56 Å². The summed E-state index contributed by atoms with van der Waals surface area (Å²) in [5.74, 6) is 0.799. The highest BCUT2D eigenvalue weighted by Gasteiger charge is 2.26. The number of rotatable bonds is 7. The number of nitrogens with one attached hydrogen (secondary N) is 2. The number of amides is 1. The molecule has 0 saturated carbocycles. The summed E-state index contributed by atoms with van der Waals surface area (Å²) in [5, 5.41) is 13.7. The molecule has 148 valence electrons. The summed E-state index contributed by atoms with van der Waals surface area (Å²) in [4.78, 5) is 21.0. The summed E-state index contributed by atoms with van der Waals surface area (Å²) >= 11 is 12.4. The van der Waals surface area contributed by atoms with Gasteiger partial charge in [0.2, 0.25) is 11.7 Å². The van der Waals surface area contributed by atoms with E-state index >= 15 is 0 Å². The first kappa shape index (κ1) is 20.1. The molecule has 0 aliphatic heterocycles. The van der Waals surface area contributed by atoms with Gasteiger partial charge < -0.3 is 14.6 Å². The van der Waals surface area contributed by atoms with Gasteiger partial charge in [0.15, 0.2) is 11.6 Å². The zero-order valence-corrected chi connectivity index (χ0v) is 16.9. The quantitative estimate of drug-likeness (QED) is 0.593. The summed E-state index contributed by atoms with van der Waals surface area (Å²) in [5.41, 5.74) is 0.291. The number of hydrogen-bond acceptors (Lipinski definition) is 7. The number of H-pyrrole nitrogens is 1. The molecule has 0 aliphatic carbocycles. The molecule has 2 N–H and O–H groups in total. The Morgan fingerprint density at radius 3 is 2.61 bits per heavy atom. The van der Waals surface area contributed by atoms with Crippen LogP contribution in [0.25, 0.3) is 11.6 Å². The maximum atomic E-state index is 12.8. The molecule has 0 spiro atoms. The maximum Gasteiger partial charge on any atom is 0.252 e. The fourth-order valence-corrected chi connectivity index (χ4v) is 3.08. The lowest BCUT2D eigenvalue weighted by Gasteiger charge is -2.19. The molecule has 11 heteroatoms. The van der Waals surface area contributed by atoms with E-state index in [0.717, 1.165) is 0 Å². The van der Waals surface area contributed by atoms with Crippen molar-refractivity contribution in [2.24, 2.45) is 5.92 Å². The topological polar surface area (TPSA) is 119 Å². The highest BCUT2D eigenvalue weighted by atomic mass is 35.5. The van der Waals surface area contributed by atoms with Crippen molar-refractivity contribution in [3.63, 3.8) is 0 Å². The third kappa shape index (κ3) is 4.26. The first-order valence-corrected chi connectivity index (χ1v) is 9.28. The van der Waals surface area contributed by atoms with E-state index in [2.05, 4.69) is 30.6 Å². The molecule has 0 unspecified atom stereocenters. The predicted molar refractivity (Wildman–Crippen MR) is 102 cm³/mol. The van der Waals surface area contributed by atoms with Gasteiger partial charge in [0.05, 0.1) is 16.7 Å². The Balaban J connectivity index is 1.82. The standard InChI is InChI=1S/C17H18Cl2N6O3/c1-4-27-13-10(18)5-9(6-11(13)19)16(26)22-12(8(2)3)17-23-15(25-28-17)14-20-7-21-24-14/h5-8,12H,4H2,1-3H3,(H,22,26)(H,20,21,24)/t12-/m1/s1. The maximum absolute atomic E-state index is 12.8. The normalized spacial score (nSPS) is 12.2. The number of benzene rings is 1. The van der Waals surface area contributed by atoms with Crippen LogP contribution in [0.2, 0.25) is 10.0 Å².